The highest BCUT2D eigenvalue weighted by molar-refractivity contribution is 4.99. The van der Waals surface area contributed by atoms with Gasteiger partial charge in [0.25, 0.3) is 0 Å². The van der Waals surface area contributed by atoms with Crippen LogP contribution in [-0.2, 0) is 0 Å². The fourth-order valence-corrected chi connectivity index (χ4v) is 0.119. The monoisotopic (exact) mass is 87.0 g/mol. The molecule has 6 heavy (non-hydrogen) atoms. The fourth-order valence-electron chi connectivity index (χ4n) is 0.119. The largest absolute Gasteiger partial charge is 0.320 e. The molecule has 0 aromatic heterocycles. The molecule has 0 rings (SSSR count). The number of halogens is 1. The molecule has 0 aromatic carbocycles. The second-order valence-electron chi connectivity index (χ2n) is 0.691. The summed E-state index contributed by atoms with van der Waals surface area (Å²) in [4.78, 5) is 0. The van der Waals surface area contributed by atoms with Crippen molar-refractivity contribution >= 4 is 0 Å². The lowest BCUT2D eigenvalue weighted by atomic mass is 10.6. The van der Waals surface area contributed by atoms with Gasteiger partial charge in [0, 0.05) is 0 Å². The van der Waals surface area contributed by atoms with Gasteiger partial charge in [-0.1, -0.05) is 11.8 Å². The summed E-state index contributed by atoms with van der Waals surface area (Å²) in [6, 6.07) is 0. The smallest absolute Gasteiger partial charge is 0.150 e. The molecule has 0 aliphatic rings. The number of rotatable bonds is 0. The summed E-state index contributed by atoms with van der Waals surface area (Å²) in [6.07, 6.45) is 0. The van der Waals surface area contributed by atoms with E-state index in [-0.39, 0.29) is 6.54 Å². The molecule has 2 N–H and O–H groups in total. The Hall–Kier alpha value is -0.550. The van der Waals surface area contributed by atoms with Crippen molar-refractivity contribution in [1.29, 1.82) is 0 Å². The number of nitrogens with two attached hydrogens (primary N) is 1. The standard InChI is InChI=1S/C4H6FN/c5-3-1-2-4-6/h3-4,6H2. The molecule has 0 bridgehead atoms. The quantitative estimate of drug-likeness (QED) is 0.411. The third-order valence-electron chi connectivity index (χ3n) is 0.294. The maximum Gasteiger partial charge on any atom is 0.150 e. The van der Waals surface area contributed by atoms with Crippen LogP contribution in [0.5, 0.6) is 0 Å². The third kappa shape index (κ3) is 3.45. The second kappa shape index (κ2) is 4.45. The first-order valence-electron chi connectivity index (χ1n) is 1.63. The zero-order chi connectivity index (χ0) is 4.83. The van der Waals surface area contributed by atoms with Gasteiger partial charge in [0.1, 0.15) is 6.67 Å². The van der Waals surface area contributed by atoms with Crippen LogP contribution < -0.4 is 5.73 Å². The number of alkyl halides is 1. The zero-order valence-electron chi connectivity index (χ0n) is 3.37. The third-order valence-corrected chi connectivity index (χ3v) is 0.294. The van der Waals surface area contributed by atoms with Crippen LogP contribution in [0.25, 0.3) is 0 Å². The highest BCUT2D eigenvalue weighted by atomic mass is 19.1. The van der Waals surface area contributed by atoms with E-state index in [1.165, 1.54) is 0 Å². The zero-order valence-corrected chi connectivity index (χ0v) is 3.37. The average Bonchev–Trinajstić information content (AvgIpc) is 1.61. The summed E-state index contributed by atoms with van der Waals surface area (Å²) in [5, 5.41) is 0. The Morgan fingerprint density at radius 1 is 1.50 bits per heavy atom. The molecule has 0 fully saturated rings. The maximum absolute atomic E-state index is 11.0. The Morgan fingerprint density at radius 2 is 2.17 bits per heavy atom. The van der Waals surface area contributed by atoms with Crippen molar-refractivity contribution in [3.8, 4) is 11.8 Å². The average molecular weight is 87.1 g/mol. The lowest BCUT2D eigenvalue weighted by Gasteiger charge is -1.65. The Bertz CT molecular complexity index is 61.4. The van der Waals surface area contributed by atoms with Gasteiger partial charge in [0.05, 0.1) is 6.54 Å². The first-order chi connectivity index (χ1) is 2.91. The lowest BCUT2D eigenvalue weighted by Crippen LogP contribution is -1.92. The number of hydrogen-bond acceptors (Lipinski definition) is 1. The predicted octanol–water partition coefficient (Wildman–Crippen LogP) is -0.0820. The van der Waals surface area contributed by atoms with Gasteiger partial charge < -0.3 is 5.73 Å². The molecule has 0 saturated carbocycles. The van der Waals surface area contributed by atoms with E-state index < -0.39 is 6.67 Å². The molecule has 0 spiro atoms. The maximum atomic E-state index is 11.0. The van der Waals surface area contributed by atoms with Gasteiger partial charge in [-0.2, -0.15) is 0 Å². The minimum absolute atomic E-state index is 0.254. The van der Waals surface area contributed by atoms with Crippen LogP contribution in [0, 0.1) is 11.8 Å². The fraction of sp³-hybridized carbons (Fsp3) is 0.500. The molecule has 0 saturated heterocycles. The first kappa shape index (κ1) is 5.45. The van der Waals surface area contributed by atoms with Crippen LogP contribution in [0.2, 0.25) is 0 Å². The van der Waals surface area contributed by atoms with E-state index in [1.807, 2.05) is 0 Å². The van der Waals surface area contributed by atoms with Crippen LogP contribution in [0.15, 0.2) is 0 Å². The van der Waals surface area contributed by atoms with E-state index in [4.69, 9.17) is 5.73 Å². The van der Waals surface area contributed by atoms with E-state index in [0.29, 0.717) is 0 Å². The topological polar surface area (TPSA) is 26.0 Å². The van der Waals surface area contributed by atoms with Crippen LogP contribution in [-0.4, -0.2) is 13.2 Å². The molecule has 0 unspecified atom stereocenters. The van der Waals surface area contributed by atoms with Crippen LogP contribution in [0.4, 0.5) is 4.39 Å². The summed E-state index contributed by atoms with van der Waals surface area (Å²) < 4.78 is 11.0. The normalized spacial score (nSPS) is 6.33. The molecule has 0 heterocycles. The minimum Gasteiger partial charge on any atom is -0.320 e. The molecule has 1 nitrogen and oxygen atoms in total. The predicted molar refractivity (Wildman–Crippen MR) is 22.8 cm³/mol. The highest BCUT2D eigenvalue weighted by Gasteiger charge is 1.58. The highest BCUT2D eigenvalue weighted by Crippen LogP contribution is 1.56. The molecule has 0 aromatic rings. The van der Waals surface area contributed by atoms with Crippen molar-refractivity contribution in [3.63, 3.8) is 0 Å². The first-order valence-corrected chi connectivity index (χ1v) is 1.63. The van der Waals surface area contributed by atoms with Crippen LogP contribution in [0.1, 0.15) is 0 Å². The van der Waals surface area contributed by atoms with E-state index in [9.17, 15) is 4.39 Å². The molecule has 0 aliphatic carbocycles. The van der Waals surface area contributed by atoms with Gasteiger partial charge in [-0.25, -0.2) is 4.39 Å². The van der Waals surface area contributed by atoms with Crippen molar-refractivity contribution in [2.24, 2.45) is 5.73 Å². The Balaban J connectivity index is 2.90. The van der Waals surface area contributed by atoms with Crippen molar-refractivity contribution in [2.45, 2.75) is 0 Å². The summed E-state index contributed by atoms with van der Waals surface area (Å²) in [5.74, 6) is 4.51. The molecular formula is C4H6FN. The van der Waals surface area contributed by atoms with Gasteiger partial charge in [0.2, 0.25) is 0 Å². The van der Waals surface area contributed by atoms with Crippen molar-refractivity contribution in [1.82, 2.24) is 0 Å². The van der Waals surface area contributed by atoms with E-state index in [0.717, 1.165) is 0 Å². The summed E-state index contributed by atoms with van der Waals surface area (Å²) >= 11 is 0. The second-order valence-corrected chi connectivity index (χ2v) is 0.691. The number of hydrogen-bond donors (Lipinski definition) is 1. The van der Waals surface area contributed by atoms with E-state index in [1.54, 1.807) is 0 Å². The van der Waals surface area contributed by atoms with Crippen LogP contribution >= 0.6 is 0 Å². The summed E-state index contributed by atoms with van der Waals surface area (Å²) in [6.45, 7) is -0.332. The molecule has 34 valence electrons. The molecule has 0 amide bonds. The Kier molecular flexibility index (Phi) is 4.04. The van der Waals surface area contributed by atoms with Gasteiger partial charge in [-0.05, 0) is 0 Å². The molecule has 0 aliphatic heterocycles. The van der Waals surface area contributed by atoms with Gasteiger partial charge in [0.15, 0.2) is 0 Å². The van der Waals surface area contributed by atoms with Gasteiger partial charge in [-0.15, -0.1) is 0 Å². The summed E-state index contributed by atoms with van der Waals surface area (Å²) in [5.41, 5.74) is 4.87. The molecule has 0 atom stereocenters. The van der Waals surface area contributed by atoms with Crippen LogP contribution in [0.3, 0.4) is 0 Å². The molecular weight excluding hydrogens is 81.0 g/mol. The van der Waals surface area contributed by atoms with Gasteiger partial charge >= 0.3 is 0 Å². The SMILES string of the molecule is NCC#CCF. The Labute approximate surface area is 36.3 Å². The van der Waals surface area contributed by atoms with E-state index >= 15 is 0 Å². The molecule has 0 radical (unpaired) electrons. The van der Waals surface area contributed by atoms with Gasteiger partial charge in [-0.3, -0.25) is 0 Å². The Morgan fingerprint density at radius 3 is 2.33 bits per heavy atom. The van der Waals surface area contributed by atoms with Crippen molar-refractivity contribution in [3.05, 3.63) is 0 Å². The van der Waals surface area contributed by atoms with Crippen molar-refractivity contribution in [2.75, 3.05) is 13.2 Å². The minimum atomic E-state index is -0.586. The van der Waals surface area contributed by atoms with Crippen molar-refractivity contribution < 1.29 is 4.39 Å². The molecule has 2 heteroatoms. The lowest BCUT2D eigenvalue weighted by molar-refractivity contribution is 0.573. The van der Waals surface area contributed by atoms with E-state index in [2.05, 4.69) is 11.8 Å². The summed E-state index contributed by atoms with van der Waals surface area (Å²) in [7, 11) is 0.